The van der Waals surface area contributed by atoms with Gasteiger partial charge >= 0.3 is 6.01 Å². The molecule has 0 spiro atoms. The molecule has 0 aliphatic carbocycles. The fourth-order valence-electron chi connectivity index (χ4n) is 1.30. The Balaban J connectivity index is 2.28. The summed E-state index contributed by atoms with van der Waals surface area (Å²) in [7, 11) is 0. The summed E-state index contributed by atoms with van der Waals surface area (Å²) in [4.78, 5) is 5.08. The molecular weight excluding hydrogens is 222 g/mol. The van der Waals surface area contributed by atoms with Crippen LogP contribution in [0.4, 0.5) is 0 Å². The van der Waals surface area contributed by atoms with Crippen LogP contribution in [0.5, 0.6) is 6.01 Å². The van der Waals surface area contributed by atoms with Gasteiger partial charge in [-0.2, -0.15) is 4.98 Å². The Kier molecular flexibility index (Phi) is 3.14. The van der Waals surface area contributed by atoms with Crippen molar-refractivity contribution < 1.29 is 5.11 Å². The van der Waals surface area contributed by atoms with Crippen molar-refractivity contribution in [3.05, 3.63) is 30.3 Å². The van der Waals surface area contributed by atoms with Crippen molar-refractivity contribution in [2.75, 3.05) is 0 Å². The second-order valence-electron chi connectivity index (χ2n) is 3.65. The van der Waals surface area contributed by atoms with Crippen molar-refractivity contribution in [3.8, 4) is 6.01 Å². The standard InChI is InChI=1S/C11H13N3OS/c1-8(2)14-11(12-10(15)13-14)16-9-6-4-3-5-7-9/h3-8H,1-2H3,(H,13,15). The Hall–Kier alpha value is -1.49. The van der Waals surface area contributed by atoms with Gasteiger partial charge in [0.2, 0.25) is 0 Å². The lowest BCUT2D eigenvalue weighted by Gasteiger charge is -2.07. The molecule has 0 atom stereocenters. The minimum atomic E-state index is -0.174. The van der Waals surface area contributed by atoms with E-state index in [4.69, 9.17) is 0 Å². The smallest absolute Gasteiger partial charge is 0.333 e. The van der Waals surface area contributed by atoms with E-state index >= 15 is 0 Å². The molecule has 0 unspecified atom stereocenters. The van der Waals surface area contributed by atoms with Gasteiger partial charge in [-0.05, 0) is 37.7 Å². The van der Waals surface area contributed by atoms with Crippen LogP contribution in [0, 0.1) is 0 Å². The van der Waals surface area contributed by atoms with Gasteiger partial charge in [0, 0.05) is 10.9 Å². The normalized spacial score (nSPS) is 10.9. The third-order valence-corrected chi connectivity index (χ3v) is 3.00. The third kappa shape index (κ3) is 2.36. The first-order valence-electron chi connectivity index (χ1n) is 5.05. The third-order valence-electron chi connectivity index (χ3n) is 2.03. The van der Waals surface area contributed by atoms with Crippen LogP contribution in [0.3, 0.4) is 0 Å². The summed E-state index contributed by atoms with van der Waals surface area (Å²) in [6.45, 7) is 4.01. The van der Waals surface area contributed by atoms with Crippen molar-refractivity contribution in [2.24, 2.45) is 0 Å². The zero-order valence-corrected chi connectivity index (χ0v) is 9.98. The molecule has 0 bridgehead atoms. The van der Waals surface area contributed by atoms with Crippen LogP contribution in [0.15, 0.2) is 40.4 Å². The Morgan fingerprint density at radius 1 is 1.25 bits per heavy atom. The molecule has 1 N–H and O–H groups in total. The number of benzene rings is 1. The van der Waals surface area contributed by atoms with Crippen molar-refractivity contribution in [3.63, 3.8) is 0 Å². The van der Waals surface area contributed by atoms with Crippen LogP contribution < -0.4 is 0 Å². The van der Waals surface area contributed by atoms with Crippen LogP contribution in [0.25, 0.3) is 0 Å². The highest BCUT2D eigenvalue weighted by atomic mass is 32.2. The Bertz CT molecular complexity index is 467. The van der Waals surface area contributed by atoms with Gasteiger partial charge in [0.1, 0.15) is 0 Å². The maximum atomic E-state index is 9.30. The highest BCUT2D eigenvalue weighted by Crippen LogP contribution is 2.28. The molecule has 0 aliphatic heterocycles. The molecule has 0 radical (unpaired) electrons. The molecule has 0 aliphatic rings. The van der Waals surface area contributed by atoms with Crippen molar-refractivity contribution in [1.82, 2.24) is 14.8 Å². The molecule has 16 heavy (non-hydrogen) atoms. The number of aromatic nitrogens is 3. The second kappa shape index (κ2) is 4.57. The quantitative estimate of drug-likeness (QED) is 0.888. The number of hydrogen-bond acceptors (Lipinski definition) is 4. The van der Waals surface area contributed by atoms with Gasteiger partial charge in [-0.3, -0.25) is 0 Å². The van der Waals surface area contributed by atoms with E-state index in [-0.39, 0.29) is 12.1 Å². The van der Waals surface area contributed by atoms with Gasteiger partial charge < -0.3 is 5.11 Å². The minimum absolute atomic E-state index is 0.174. The summed E-state index contributed by atoms with van der Waals surface area (Å²) in [5, 5.41) is 14.0. The Labute approximate surface area is 98.3 Å². The van der Waals surface area contributed by atoms with Gasteiger partial charge in [-0.1, -0.05) is 18.2 Å². The molecule has 2 aromatic rings. The highest BCUT2D eigenvalue weighted by molar-refractivity contribution is 7.99. The first-order valence-corrected chi connectivity index (χ1v) is 5.87. The molecule has 1 aromatic heterocycles. The van der Waals surface area contributed by atoms with Crippen LogP contribution >= 0.6 is 11.8 Å². The lowest BCUT2D eigenvalue weighted by atomic mass is 10.4. The van der Waals surface area contributed by atoms with Crippen LogP contribution in [-0.2, 0) is 0 Å². The molecule has 5 heteroatoms. The summed E-state index contributed by atoms with van der Waals surface area (Å²) < 4.78 is 1.72. The van der Waals surface area contributed by atoms with Gasteiger partial charge in [0.25, 0.3) is 0 Å². The van der Waals surface area contributed by atoms with Crippen LogP contribution in [0.2, 0.25) is 0 Å². The minimum Gasteiger partial charge on any atom is -0.478 e. The number of rotatable bonds is 3. The van der Waals surface area contributed by atoms with E-state index < -0.39 is 0 Å². The maximum Gasteiger partial charge on any atom is 0.333 e. The van der Waals surface area contributed by atoms with Crippen LogP contribution in [0.1, 0.15) is 19.9 Å². The monoisotopic (exact) mass is 235 g/mol. The molecule has 4 nitrogen and oxygen atoms in total. The summed E-state index contributed by atoms with van der Waals surface area (Å²) in [5.41, 5.74) is 0. The molecular formula is C11H13N3OS. The van der Waals surface area contributed by atoms with Crippen LogP contribution in [-0.4, -0.2) is 19.9 Å². The first-order chi connectivity index (χ1) is 7.66. The maximum absolute atomic E-state index is 9.30. The Morgan fingerprint density at radius 2 is 1.94 bits per heavy atom. The molecule has 84 valence electrons. The van der Waals surface area contributed by atoms with Gasteiger partial charge in [-0.25, -0.2) is 4.68 Å². The van der Waals surface area contributed by atoms with E-state index in [0.717, 1.165) is 4.90 Å². The van der Waals surface area contributed by atoms with E-state index in [0.29, 0.717) is 5.16 Å². The molecule has 0 fully saturated rings. The number of aromatic hydroxyl groups is 1. The summed E-state index contributed by atoms with van der Waals surface area (Å²) in [6, 6.07) is 9.92. The summed E-state index contributed by atoms with van der Waals surface area (Å²) >= 11 is 1.49. The van der Waals surface area contributed by atoms with E-state index in [1.54, 1.807) is 4.68 Å². The van der Waals surface area contributed by atoms with Crippen molar-refractivity contribution in [2.45, 2.75) is 29.9 Å². The molecule has 0 amide bonds. The first kappa shape index (κ1) is 11.0. The zero-order chi connectivity index (χ0) is 11.5. The van der Waals surface area contributed by atoms with E-state index in [1.165, 1.54) is 11.8 Å². The fourth-order valence-corrected chi connectivity index (χ4v) is 2.27. The second-order valence-corrected chi connectivity index (χ2v) is 4.69. The number of hydrogen-bond donors (Lipinski definition) is 1. The van der Waals surface area contributed by atoms with Gasteiger partial charge in [-0.15, -0.1) is 5.10 Å². The summed E-state index contributed by atoms with van der Waals surface area (Å²) in [6.07, 6.45) is 0. The molecule has 1 heterocycles. The average Bonchev–Trinajstić information content (AvgIpc) is 2.61. The van der Waals surface area contributed by atoms with Gasteiger partial charge in [0.15, 0.2) is 5.16 Å². The highest BCUT2D eigenvalue weighted by Gasteiger charge is 2.12. The average molecular weight is 235 g/mol. The van der Waals surface area contributed by atoms with E-state index in [2.05, 4.69) is 10.1 Å². The zero-order valence-electron chi connectivity index (χ0n) is 9.16. The van der Waals surface area contributed by atoms with Crippen molar-refractivity contribution >= 4 is 11.8 Å². The lowest BCUT2D eigenvalue weighted by molar-refractivity contribution is 0.413. The van der Waals surface area contributed by atoms with E-state index in [9.17, 15) is 5.11 Å². The van der Waals surface area contributed by atoms with Crippen molar-refractivity contribution in [1.29, 1.82) is 0 Å². The van der Waals surface area contributed by atoms with Gasteiger partial charge in [0.05, 0.1) is 0 Å². The lowest BCUT2D eigenvalue weighted by Crippen LogP contribution is -2.04. The van der Waals surface area contributed by atoms with E-state index in [1.807, 2.05) is 44.2 Å². The molecule has 2 rings (SSSR count). The summed E-state index contributed by atoms with van der Waals surface area (Å²) in [5.74, 6) is 0. The predicted octanol–water partition coefficient (Wildman–Crippen LogP) is 2.72. The Morgan fingerprint density at radius 3 is 2.56 bits per heavy atom. The topological polar surface area (TPSA) is 50.9 Å². The SMILES string of the molecule is CC(C)n1nc(O)nc1Sc1ccccc1. The fraction of sp³-hybridized carbons (Fsp3) is 0.273. The number of nitrogens with zero attached hydrogens (tertiary/aromatic N) is 3. The largest absolute Gasteiger partial charge is 0.478 e. The predicted molar refractivity (Wildman–Crippen MR) is 62.6 cm³/mol. The molecule has 0 saturated carbocycles. The molecule has 0 saturated heterocycles. The molecule has 1 aromatic carbocycles.